The summed E-state index contributed by atoms with van der Waals surface area (Å²) in [6.07, 6.45) is -1.98. The van der Waals surface area contributed by atoms with Crippen LogP contribution in [-0.4, -0.2) is 68.0 Å². The first-order valence-corrected chi connectivity index (χ1v) is 11.9. The maximum Gasteiger partial charge on any atom is 0.408 e. The highest BCUT2D eigenvalue weighted by molar-refractivity contribution is 5.91. The van der Waals surface area contributed by atoms with Crippen molar-refractivity contribution in [2.24, 2.45) is 5.92 Å². The molecule has 1 aromatic carbocycles. The van der Waals surface area contributed by atoms with E-state index in [1.165, 1.54) is 10.9 Å². The zero-order chi connectivity index (χ0) is 27.2. The molecule has 38 heavy (non-hydrogen) atoms. The molecule has 1 aliphatic heterocycles. The number of amides is 2. The first-order chi connectivity index (χ1) is 18.2. The first kappa shape index (κ1) is 26.8. The van der Waals surface area contributed by atoms with Crippen molar-refractivity contribution in [3.05, 3.63) is 52.6 Å². The number of ether oxygens (including phenoxy) is 3. The molecule has 3 aromatic rings. The quantitative estimate of drug-likeness (QED) is 0.290. The van der Waals surface area contributed by atoms with E-state index in [2.05, 4.69) is 25.6 Å². The molecule has 1 fully saturated rings. The second kappa shape index (κ2) is 11.8. The molecule has 4 N–H and O–H groups in total. The highest BCUT2D eigenvalue weighted by Gasteiger charge is 2.39. The van der Waals surface area contributed by atoms with Crippen molar-refractivity contribution in [1.29, 1.82) is 0 Å². The molecule has 0 spiro atoms. The second-order valence-corrected chi connectivity index (χ2v) is 8.87. The zero-order valence-corrected chi connectivity index (χ0v) is 20.7. The molecule has 202 valence electrons. The number of aliphatic hydroxyl groups excluding tert-OH is 1. The Morgan fingerprint density at radius 1 is 1.26 bits per heavy atom. The van der Waals surface area contributed by atoms with E-state index < -0.39 is 49.2 Å². The number of carbonyl (C=O) groups excluding carboxylic acids is 3. The number of esters is 1. The number of fused-ring (bicyclic) bond motifs is 1. The van der Waals surface area contributed by atoms with E-state index in [9.17, 15) is 24.3 Å². The van der Waals surface area contributed by atoms with Crippen molar-refractivity contribution < 1.29 is 33.7 Å². The van der Waals surface area contributed by atoms with E-state index in [1.54, 1.807) is 26.0 Å². The van der Waals surface area contributed by atoms with Gasteiger partial charge in [0.05, 0.1) is 12.9 Å². The highest BCUT2D eigenvalue weighted by atomic mass is 16.6. The summed E-state index contributed by atoms with van der Waals surface area (Å²) in [6.45, 7) is 2.60. The van der Waals surface area contributed by atoms with E-state index in [0.717, 1.165) is 5.56 Å². The van der Waals surface area contributed by atoms with Gasteiger partial charge >= 0.3 is 12.1 Å². The summed E-state index contributed by atoms with van der Waals surface area (Å²) in [5.41, 5.74) is 0.408. The average Bonchev–Trinajstić information content (AvgIpc) is 3.50. The number of nitrogens with one attached hydrogen (secondary N) is 3. The second-order valence-electron chi connectivity index (χ2n) is 8.87. The van der Waals surface area contributed by atoms with Crippen molar-refractivity contribution in [3.63, 3.8) is 0 Å². The van der Waals surface area contributed by atoms with Crippen LogP contribution in [0.25, 0.3) is 11.2 Å². The van der Waals surface area contributed by atoms with Gasteiger partial charge in [-0.05, 0) is 5.56 Å². The number of imidazole rings is 1. The molecule has 0 radical (unpaired) electrons. The van der Waals surface area contributed by atoms with Crippen LogP contribution in [0, 0.1) is 5.92 Å². The number of nitrogens with zero attached hydrogens (tertiary/aromatic N) is 3. The Hall–Kier alpha value is -4.30. The molecular weight excluding hydrogens is 500 g/mol. The third-order valence-corrected chi connectivity index (χ3v) is 5.75. The molecule has 0 saturated carbocycles. The summed E-state index contributed by atoms with van der Waals surface area (Å²) in [6, 6.07) is 9.08. The van der Waals surface area contributed by atoms with Crippen LogP contribution in [-0.2, 0) is 30.4 Å². The summed E-state index contributed by atoms with van der Waals surface area (Å²) >= 11 is 0. The Morgan fingerprint density at radius 2 is 2.03 bits per heavy atom. The van der Waals surface area contributed by atoms with E-state index in [1.807, 2.05) is 18.2 Å². The number of hydrogen-bond donors (Lipinski definition) is 4. The van der Waals surface area contributed by atoms with E-state index in [4.69, 9.17) is 14.2 Å². The van der Waals surface area contributed by atoms with Crippen molar-refractivity contribution in [3.8, 4) is 0 Å². The molecule has 4 rings (SSSR count). The molecule has 0 bridgehead atoms. The number of aliphatic hydroxyl groups is 1. The maximum absolute atomic E-state index is 12.4. The maximum atomic E-state index is 12.4. The molecule has 3 atom stereocenters. The predicted octanol–water partition coefficient (Wildman–Crippen LogP) is 0.832. The number of aromatic nitrogens is 4. The van der Waals surface area contributed by atoms with Crippen molar-refractivity contribution in [2.75, 3.05) is 18.5 Å². The van der Waals surface area contributed by atoms with Crippen LogP contribution in [0.4, 0.5) is 10.7 Å². The van der Waals surface area contributed by atoms with Gasteiger partial charge < -0.3 is 24.6 Å². The monoisotopic (exact) mass is 528 g/mol. The number of anilines is 1. The van der Waals surface area contributed by atoms with Gasteiger partial charge in [0.25, 0.3) is 5.56 Å². The van der Waals surface area contributed by atoms with Gasteiger partial charge in [0, 0.05) is 12.3 Å². The summed E-state index contributed by atoms with van der Waals surface area (Å²) in [5, 5.41) is 14.6. The molecule has 2 aromatic heterocycles. The number of alkyl carbamates (subject to hydrolysis) is 1. The summed E-state index contributed by atoms with van der Waals surface area (Å²) in [4.78, 5) is 59.5. The fourth-order valence-electron chi connectivity index (χ4n) is 3.73. The summed E-state index contributed by atoms with van der Waals surface area (Å²) < 4.78 is 17.8. The van der Waals surface area contributed by atoms with Gasteiger partial charge in [-0.1, -0.05) is 44.2 Å². The molecule has 1 unspecified atom stereocenters. The van der Waals surface area contributed by atoms with Crippen molar-refractivity contribution in [2.45, 2.75) is 45.3 Å². The topological polar surface area (TPSA) is 187 Å². The highest BCUT2D eigenvalue weighted by Crippen LogP contribution is 2.32. The molecule has 2 amide bonds. The Labute approximate surface area is 216 Å². The SMILES string of the molecule is CC(C)C(=O)Nc1nc2c(ncn2[C@H]2CC(OC(=O)NCC(=O)OCc3ccccc3)[C@@H](CO)O2)c(=O)[nH]1. The normalized spacial score (nSPS) is 18.9. The van der Waals surface area contributed by atoms with Gasteiger partial charge in [0.1, 0.15) is 31.6 Å². The lowest BCUT2D eigenvalue weighted by Crippen LogP contribution is -2.37. The minimum atomic E-state index is -0.891. The number of aromatic amines is 1. The van der Waals surface area contributed by atoms with E-state index in [0.29, 0.717) is 0 Å². The van der Waals surface area contributed by atoms with Gasteiger partial charge in [-0.25, -0.2) is 9.78 Å². The minimum absolute atomic E-state index is 0.0211. The molecule has 14 nitrogen and oxygen atoms in total. The number of H-pyrrole nitrogens is 1. The molecule has 1 aliphatic rings. The molecule has 1 saturated heterocycles. The Morgan fingerprint density at radius 3 is 2.74 bits per heavy atom. The van der Waals surface area contributed by atoms with Gasteiger partial charge in [0.15, 0.2) is 11.2 Å². The average molecular weight is 529 g/mol. The molecule has 3 heterocycles. The van der Waals surface area contributed by atoms with Crippen LogP contribution in [0.1, 0.15) is 32.1 Å². The number of benzene rings is 1. The Bertz CT molecular complexity index is 1350. The Balaban J connectivity index is 1.37. The van der Waals surface area contributed by atoms with Crippen LogP contribution >= 0.6 is 0 Å². The molecular formula is C24H28N6O8. The standard InChI is InChI=1S/C24H28N6O8/c1-13(2)21(33)28-23-27-20-19(22(34)29-23)26-12-30(20)17-8-15(16(10-31)37-17)38-24(35)25-9-18(32)36-11-14-6-4-3-5-7-14/h3-7,12-13,15-17,31H,8-11H2,1-2H3,(H,25,35)(H2,27,28,29,33,34)/t15?,16-,17-/m1/s1. The summed E-state index contributed by atoms with van der Waals surface area (Å²) in [5.74, 6) is -1.36. The smallest absolute Gasteiger partial charge is 0.408 e. The number of hydrogen-bond acceptors (Lipinski definition) is 10. The third kappa shape index (κ3) is 6.33. The predicted molar refractivity (Wildman–Crippen MR) is 132 cm³/mol. The van der Waals surface area contributed by atoms with Gasteiger partial charge in [-0.2, -0.15) is 4.98 Å². The lowest BCUT2D eigenvalue weighted by Gasteiger charge is -2.16. The molecule has 0 aliphatic carbocycles. The van der Waals surface area contributed by atoms with Crippen LogP contribution in [0.2, 0.25) is 0 Å². The summed E-state index contributed by atoms with van der Waals surface area (Å²) in [7, 11) is 0. The number of rotatable bonds is 9. The van der Waals surface area contributed by atoms with Crippen LogP contribution in [0.5, 0.6) is 0 Å². The van der Waals surface area contributed by atoms with Gasteiger partial charge in [0.2, 0.25) is 11.9 Å². The lowest BCUT2D eigenvalue weighted by molar-refractivity contribution is -0.143. The van der Waals surface area contributed by atoms with E-state index >= 15 is 0 Å². The van der Waals surface area contributed by atoms with Crippen molar-refractivity contribution >= 4 is 35.1 Å². The van der Waals surface area contributed by atoms with Crippen molar-refractivity contribution in [1.82, 2.24) is 24.8 Å². The van der Waals surface area contributed by atoms with E-state index in [-0.39, 0.29) is 42.0 Å². The van der Waals surface area contributed by atoms with Crippen LogP contribution in [0.15, 0.2) is 41.5 Å². The Kier molecular flexibility index (Phi) is 8.33. The largest absolute Gasteiger partial charge is 0.460 e. The van der Waals surface area contributed by atoms with Gasteiger partial charge in [-0.15, -0.1) is 0 Å². The number of carbonyl (C=O) groups is 3. The lowest BCUT2D eigenvalue weighted by atomic mass is 10.2. The fraction of sp³-hybridized carbons (Fsp3) is 0.417. The molecule has 14 heteroatoms. The zero-order valence-electron chi connectivity index (χ0n) is 20.7. The van der Waals surface area contributed by atoms with Gasteiger partial charge in [-0.3, -0.25) is 29.3 Å². The first-order valence-electron chi connectivity index (χ1n) is 11.9. The fourth-order valence-corrected chi connectivity index (χ4v) is 3.73. The minimum Gasteiger partial charge on any atom is -0.460 e. The third-order valence-electron chi connectivity index (χ3n) is 5.75. The van der Waals surface area contributed by atoms with Crippen LogP contribution in [0.3, 0.4) is 0 Å². The van der Waals surface area contributed by atoms with Crippen LogP contribution < -0.4 is 16.2 Å².